The molecule has 474 valence electrons. The average molecular weight is 1140 g/mol. The van der Waals surface area contributed by atoms with Gasteiger partial charge in [0.1, 0.15) is 6.61 Å². The number of hydrogen-bond acceptors (Lipinski definition) is 8. The van der Waals surface area contributed by atoms with Crippen LogP contribution in [-0.4, -0.2) is 47.8 Å². The third kappa shape index (κ3) is 50.3. The van der Waals surface area contributed by atoms with Gasteiger partial charge in [0.2, 0.25) is 0 Å². The molecular formula is C73H134O8. The summed E-state index contributed by atoms with van der Waals surface area (Å²) < 4.78 is 18.0. The summed E-state index contributed by atoms with van der Waals surface area (Å²) >= 11 is 0. The number of rotatable bonds is 65. The predicted molar refractivity (Wildman–Crippen MR) is 345 cm³/mol. The SMILES string of the molecule is CCCCCCCC/C=C\CCCCCCCC(=O)OC(C(=O)CCCCCCC/C=C\CCCCCCCC)(C(=O)CCCCCCCCCCCCCCC)C(COC(C)=O)OC(=O)CCCCCCCCCCCCCCC. The minimum absolute atomic E-state index is 0.00351. The van der Waals surface area contributed by atoms with Crippen molar-refractivity contribution in [3.8, 4) is 0 Å². The van der Waals surface area contributed by atoms with Crippen molar-refractivity contribution in [2.45, 2.75) is 406 Å². The molecule has 0 amide bonds. The van der Waals surface area contributed by atoms with Gasteiger partial charge in [-0.2, -0.15) is 0 Å². The van der Waals surface area contributed by atoms with Crippen LogP contribution in [0.5, 0.6) is 0 Å². The average Bonchev–Trinajstić information content (AvgIpc) is 3.60. The van der Waals surface area contributed by atoms with Crippen molar-refractivity contribution in [2.24, 2.45) is 0 Å². The Morgan fingerprint density at radius 3 is 0.815 bits per heavy atom. The fourth-order valence-corrected chi connectivity index (χ4v) is 11.2. The highest BCUT2D eigenvalue weighted by Crippen LogP contribution is 2.31. The van der Waals surface area contributed by atoms with Crippen molar-refractivity contribution in [3.05, 3.63) is 24.3 Å². The molecule has 0 N–H and O–H groups in total. The number of ether oxygens (including phenoxy) is 3. The third-order valence-corrected chi connectivity index (χ3v) is 16.6. The molecule has 0 aromatic heterocycles. The van der Waals surface area contributed by atoms with Gasteiger partial charge in [-0.1, -0.05) is 309 Å². The van der Waals surface area contributed by atoms with Gasteiger partial charge in [0, 0.05) is 32.6 Å². The monoisotopic (exact) mass is 1140 g/mol. The fourth-order valence-electron chi connectivity index (χ4n) is 11.2. The summed E-state index contributed by atoms with van der Waals surface area (Å²) in [7, 11) is 0. The standard InChI is InChI=1S/C73H134O8/c1-6-10-14-18-22-26-30-34-36-40-43-47-51-55-59-63-69(76)73(68(75)62-58-54-50-46-42-38-32-28-24-20-16-12-8-3,81-72(78)65-61-57-53-49-45-41-37-35-31-27-23-19-15-11-7-2)70(66-79-67(5)74)80-71(77)64-60-56-52-48-44-39-33-29-25-21-17-13-9-4/h34-37,70H,6-33,38-66H2,1-5H3/b36-34-,37-35-. The quantitative estimate of drug-likeness (QED) is 0.0195. The van der Waals surface area contributed by atoms with Gasteiger partial charge in [-0.3, -0.25) is 24.0 Å². The van der Waals surface area contributed by atoms with Crippen LogP contribution in [0.25, 0.3) is 0 Å². The lowest BCUT2D eigenvalue weighted by atomic mass is 9.82. The Hall–Kier alpha value is -2.77. The highest BCUT2D eigenvalue weighted by atomic mass is 16.6. The van der Waals surface area contributed by atoms with Crippen molar-refractivity contribution in [1.82, 2.24) is 0 Å². The minimum Gasteiger partial charge on any atom is -0.462 e. The van der Waals surface area contributed by atoms with Crippen molar-refractivity contribution >= 4 is 29.5 Å². The zero-order valence-electron chi connectivity index (χ0n) is 54.5. The van der Waals surface area contributed by atoms with Crippen molar-refractivity contribution < 1.29 is 38.2 Å². The summed E-state index contributed by atoms with van der Waals surface area (Å²) in [5.41, 5.74) is -2.39. The molecule has 0 saturated carbocycles. The molecule has 2 atom stereocenters. The van der Waals surface area contributed by atoms with Crippen LogP contribution in [-0.2, 0) is 38.2 Å². The molecular weight excluding hydrogens is 1000 g/mol. The van der Waals surface area contributed by atoms with E-state index in [1.54, 1.807) is 0 Å². The molecule has 0 aliphatic heterocycles. The molecule has 2 unspecified atom stereocenters. The number of allylic oxidation sites excluding steroid dienone is 4. The first kappa shape index (κ1) is 78.2. The van der Waals surface area contributed by atoms with Crippen LogP contribution in [0.4, 0.5) is 0 Å². The van der Waals surface area contributed by atoms with Gasteiger partial charge in [0.15, 0.2) is 17.7 Å². The predicted octanol–water partition coefficient (Wildman–Crippen LogP) is 22.9. The number of carbonyl (C=O) groups excluding carboxylic acids is 5. The zero-order valence-corrected chi connectivity index (χ0v) is 54.5. The Balaban J connectivity index is 6.08. The number of unbranched alkanes of at least 4 members (excludes halogenated alkanes) is 46. The van der Waals surface area contributed by atoms with Crippen LogP contribution in [0.2, 0.25) is 0 Å². The Kier molecular flexibility index (Phi) is 59.7. The summed E-state index contributed by atoms with van der Waals surface area (Å²) in [6.07, 6.45) is 67.0. The van der Waals surface area contributed by atoms with Crippen LogP contribution < -0.4 is 0 Å². The molecule has 0 radical (unpaired) electrons. The number of esters is 3. The Labute approximate surface area is 502 Å². The van der Waals surface area contributed by atoms with Gasteiger partial charge in [-0.05, 0) is 77.0 Å². The maximum absolute atomic E-state index is 15.0. The molecule has 81 heavy (non-hydrogen) atoms. The largest absolute Gasteiger partial charge is 0.462 e. The second kappa shape index (κ2) is 61.8. The molecule has 0 aromatic rings. The van der Waals surface area contributed by atoms with E-state index in [0.717, 1.165) is 122 Å². The summed E-state index contributed by atoms with van der Waals surface area (Å²) in [6, 6.07) is 0. The van der Waals surface area contributed by atoms with E-state index in [9.17, 15) is 14.4 Å². The molecule has 0 aliphatic rings. The Morgan fingerprint density at radius 1 is 0.309 bits per heavy atom. The maximum Gasteiger partial charge on any atom is 0.307 e. The number of Topliss-reactive ketones (excluding diaryl/α,β-unsaturated/α-hetero) is 2. The van der Waals surface area contributed by atoms with Gasteiger partial charge in [-0.25, -0.2) is 0 Å². The van der Waals surface area contributed by atoms with Crippen LogP contribution in [0.3, 0.4) is 0 Å². The highest BCUT2D eigenvalue weighted by Gasteiger charge is 2.57. The number of ketones is 2. The molecule has 0 bridgehead atoms. The van der Waals surface area contributed by atoms with Crippen molar-refractivity contribution in [3.63, 3.8) is 0 Å². The highest BCUT2D eigenvalue weighted by molar-refractivity contribution is 6.12. The summed E-state index contributed by atoms with van der Waals surface area (Å²) in [6.45, 7) is 9.74. The molecule has 8 heteroatoms. The first-order valence-corrected chi connectivity index (χ1v) is 35.6. The Morgan fingerprint density at radius 2 is 0.543 bits per heavy atom. The molecule has 0 aliphatic carbocycles. The van der Waals surface area contributed by atoms with Crippen LogP contribution in [0.15, 0.2) is 24.3 Å². The van der Waals surface area contributed by atoms with E-state index >= 15 is 9.59 Å². The topological polar surface area (TPSA) is 113 Å². The van der Waals surface area contributed by atoms with Gasteiger partial charge in [0.25, 0.3) is 5.60 Å². The van der Waals surface area contributed by atoms with E-state index in [-0.39, 0.29) is 25.7 Å². The van der Waals surface area contributed by atoms with Gasteiger partial charge >= 0.3 is 17.9 Å². The molecule has 0 spiro atoms. The summed E-state index contributed by atoms with van der Waals surface area (Å²) in [5, 5.41) is 0. The lowest BCUT2D eigenvalue weighted by molar-refractivity contribution is -0.199. The molecule has 0 heterocycles. The minimum atomic E-state index is -2.39. The summed E-state index contributed by atoms with van der Waals surface area (Å²) in [4.78, 5) is 70.6. The van der Waals surface area contributed by atoms with E-state index in [1.165, 1.54) is 193 Å². The van der Waals surface area contributed by atoms with E-state index in [0.29, 0.717) is 25.7 Å². The van der Waals surface area contributed by atoms with Gasteiger partial charge in [-0.15, -0.1) is 0 Å². The van der Waals surface area contributed by atoms with Crippen LogP contribution in [0, 0.1) is 0 Å². The smallest absolute Gasteiger partial charge is 0.307 e. The van der Waals surface area contributed by atoms with E-state index in [2.05, 4.69) is 52.0 Å². The first-order valence-electron chi connectivity index (χ1n) is 35.6. The number of hydrogen-bond donors (Lipinski definition) is 0. The van der Waals surface area contributed by atoms with Crippen molar-refractivity contribution in [1.29, 1.82) is 0 Å². The molecule has 0 saturated heterocycles. The maximum atomic E-state index is 15.0. The molecule has 0 fully saturated rings. The van der Waals surface area contributed by atoms with Gasteiger partial charge in [0.05, 0.1) is 0 Å². The van der Waals surface area contributed by atoms with Crippen LogP contribution >= 0.6 is 0 Å². The van der Waals surface area contributed by atoms with Gasteiger partial charge < -0.3 is 14.2 Å². The molecule has 0 rings (SSSR count). The third-order valence-electron chi connectivity index (χ3n) is 16.6. The molecule has 0 aromatic carbocycles. The zero-order chi connectivity index (χ0) is 59.2. The van der Waals surface area contributed by atoms with Crippen molar-refractivity contribution in [2.75, 3.05) is 6.61 Å². The van der Waals surface area contributed by atoms with E-state index < -0.39 is 47.8 Å². The lowest BCUT2D eigenvalue weighted by Crippen LogP contribution is -2.61. The second-order valence-electron chi connectivity index (χ2n) is 24.5. The summed E-state index contributed by atoms with van der Waals surface area (Å²) in [5.74, 6) is -2.95. The lowest BCUT2D eigenvalue weighted by Gasteiger charge is -2.37. The molecule has 8 nitrogen and oxygen atoms in total. The van der Waals surface area contributed by atoms with Crippen LogP contribution in [0.1, 0.15) is 394 Å². The Bertz CT molecular complexity index is 1490. The second-order valence-corrected chi connectivity index (χ2v) is 24.5. The normalized spacial score (nSPS) is 12.8. The number of carbonyl (C=O) groups is 5. The first-order chi connectivity index (χ1) is 39.7. The fraction of sp³-hybridized carbons (Fsp3) is 0.877. The van der Waals surface area contributed by atoms with E-state index in [1.807, 2.05) is 0 Å². The van der Waals surface area contributed by atoms with E-state index in [4.69, 9.17) is 14.2 Å².